The van der Waals surface area contributed by atoms with Gasteiger partial charge in [0.1, 0.15) is 23.8 Å². The molecule has 3 aromatic carbocycles. The van der Waals surface area contributed by atoms with Crippen LogP contribution in [0.2, 0.25) is 0 Å². The monoisotopic (exact) mass is 625 g/mol. The molecular formula is C32H33F2N3O6S. The molecule has 0 unspecified atom stereocenters. The van der Waals surface area contributed by atoms with Crippen LogP contribution in [0.3, 0.4) is 0 Å². The average Bonchev–Trinajstić information content (AvgIpc) is 3.79. The second kappa shape index (κ2) is 12.7. The minimum absolute atomic E-state index is 0.105. The average molecular weight is 626 g/mol. The van der Waals surface area contributed by atoms with Crippen molar-refractivity contribution in [2.45, 2.75) is 18.9 Å². The van der Waals surface area contributed by atoms with Crippen LogP contribution in [-0.2, 0) is 14.8 Å². The number of alkyl halides is 1. The maximum absolute atomic E-state index is 13.7. The number of hydrogen-bond acceptors (Lipinski definition) is 6. The largest absolute Gasteiger partial charge is 0.455 e. The van der Waals surface area contributed by atoms with Gasteiger partial charge in [-0.15, -0.1) is 0 Å². The summed E-state index contributed by atoms with van der Waals surface area (Å²) in [6.07, 6.45) is 2.98. The topological polar surface area (TPSA) is 118 Å². The van der Waals surface area contributed by atoms with E-state index in [9.17, 15) is 26.8 Å². The fraction of sp³-hybridized carbons (Fsp3) is 0.312. The molecule has 1 aromatic heterocycles. The van der Waals surface area contributed by atoms with E-state index in [-0.39, 0.29) is 34.5 Å². The standard InChI is InChI=1S/C32H33F2N3O6S/c1-35-32(39)29-25-16-24(21-5-4-6-22(15-21)31(38)36-26(18-42-2)19-7-8-19)27(37(14-13-33)44(3,40)41)17-28(25)43-30(29)20-9-11-23(34)12-10-20/h4-6,9-12,15-17,19,26H,7-8,13-14,18H2,1-3H3,(H,35,39)(H,36,38)/t26-/m0/s1. The predicted molar refractivity (Wildman–Crippen MR) is 164 cm³/mol. The van der Waals surface area contributed by atoms with Gasteiger partial charge in [0.25, 0.3) is 11.8 Å². The summed E-state index contributed by atoms with van der Waals surface area (Å²) in [5.74, 6) is -0.778. The maximum atomic E-state index is 13.7. The van der Waals surface area contributed by atoms with Crippen molar-refractivity contribution in [3.8, 4) is 22.5 Å². The molecule has 44 heavy (non-hydrogen) atoms. The van der Waals surface area contributed by atoms with Crippen molar-refractivity contribution in [1.29, 1.82) is 0 Å². The van der Waals surface area contributed by atoms with E-state index in [1.165, 1.54) is 37.4 Å². The van der Waals surface area contributed by atoms with E-state index in [0.29, 0.717) is 40.2 Å². The van der Waals surface area contributed by atoms with E-state index >= 15 is 0 Å². The summed E-state index contributed by atoms with van der Waals surface area (Å²) in [4.78, 5) is 26.5. The third-order valence-electron chi connectivity index (χ3n) is 7.61. The van der Waals surface area contributed by atoms with Crippen LogP contribution in [0.25, 0.3) is 33.4 Å². The number of carbonyl (C=O) groups is 2. The van der Waals surface area contributed by atoms with Gasteiger partial charge in [-0.2, -0.15) is 0 Å². The van der Waals surface area contributed by atoms with Crippen LogP contribution in [0.4, 0.5) is 14.5 Å². The Morgan fingerprint density at radius 1 is 1.07 bits per heavy atom. The van der Waals surface area contributed by atoms with Crippen LogP contribution >= 0.6 is 0 Å². The number of amides is 2. The summed E-state index contributed by atoms with van der Waals surface area (Å²) < 4.78 is 65.5. The summed E-state index contributed by atoms with van der Waals surface area (Å²) in [7, 11) is -0.939. The minimum Gasteiger partial charge on any atom is -0.455 e. The van der Waals surface area contributed by atoms with Crippen LogP contribution in [-0.4, -0.2) is 66.5 Å². The first-order valence-corrected chi connectivity index (χ1v) is 15.9. The Morgan fingerprint density at radius 3 is 2.41 bits per heavy atom. The Morgan fingerprint density at radius 2 is 1.80 bits per heavy atom. The van der Waals surface area contributed by atoms with Crippen molar-refractivity contribution in [1.82, 2.24) is 10.6 Å². The first kappa shape index (κ1) is 31.1. The molecule has 5 rings (SSSR count). The van der Waals surface area contributed by atoms with Gasteiger partial charge < -0.3 is 19.8 Å². The van der Waals surface area contributed by atoms with Crippen molar-refractivity contribution in [2.75, 3.05) is 44.5 Å². The Kier molecular flexibility index (Phi) is 9.02. The Balaban J connectivity index is 1.71. The first-order valence-electron chi connectivity index (χ1n) is 14.1. The van der Waals surface area contributed by atoms with Gasteiger partial charge in [0.2, 0.25) is 10.0 Å². The number of nitrogens with zero attached hydrogens (tertiary/aromatic N) is 1. The lowest BCUT2D eigenvalue weighted by Crippen LogP contribution is -2.39. The summed E-state index contributed by atoms with van der Waals surface area (Å²) in [5, 5.41) is 5.97. The number of furan rings is 1. The van der Waals surface area contributed by atoms with Crippen LogP contribution in [0.5, 0.6) is 0 Å². The van der Waals surface area contributed by atoms with E-state index in [0.717, 1.165) is 23.4 Å². The molecule has 1 aliphatic rings. The summed E-state index contributed by atoms with van der Waals surface area (Å²) in [5.41, 5.74) is 1.97. The van der Waals surface area contributed by atoms with Crippen LogP contribution < -0.4 is 14.9 Å². The zero-order valence-corrected chi connectivity index (χ0v) is 25.3. The van der Waals surface area contributed by atoms with Gasteiger partial charge in [0, 0.05) is 42.3 Å². The van der Waals surface area contributed by atoms with Gasteiger partial charge in [-0.05, 0) is 66.8 Å². The first-order chi connectivity index (χ1) is 21.0. The zero-order chi connectivity index (χ0) is 31.6. The van der Waals surface area contributed by atoms with Gasteiger partial charge in [-0.25, -0.2) is 17.2 Å². The van der Waals surface area contributed by atoms with Crippen LogP contribution in [0.15, 0.2) is 65.1 Å². The van der Waals surface area contributed by atoms with E-state index in [4.69, 9.17) is 9.15 Å². The third kappa shape index (κ3) is 6.46. The van der Waals surface area contributed by atoms with Crippen LogP contribution in [0.1, 0.15) is 33.6 Å². The maximum Gasteiger partial charge on any atom is 0.255 e. The number of nitrogens with one attached hydrogen (secondary N) is 2. The van der Waals surface area contributed by atoms with E-state index in [1.807, 2.05) is 0 Å². The lowest BCUT2D eigenvalue weighted by molar-refractivity contribution is 0.0883. The highest BCUT2D eigenvalue weighted by molar-refractivity contribution is 7.92. The van der Waals surface area contributed by atoms with Gasteiger partial charge in [-0.1, -0.05) is 12.1 Å². The highest BCUT2D eigenvalue weighted by Gasteiger charge is 2.33. The van der Waals surface area contributed by atoms with Gasteiger partial charge in [0.05, 0.1) is 36.7 Å². The number of benzene rings is 3. The number of methoxy groups -OCH3 is 1. The highest BCUT2D eigenvalue weighted by Crippen LogP contribution is 2.42. The van der Waals surface area contributed by atoms with Crippen molar-refractivity contribution in [3.63, 3.8) is 0 Å². The number of carbonyl (C=O) groups excluding carboxylic acids is 2. The summed E-state index contributed by atoms with van der Waals surface area (Å²) in [6.45, 7) is -1.05. The molecule has 0 bridgehead atoms. The second-order valence-electron chi connectivity index (χ2n) is 10.7. The molecule has 1 atom stereocenters. The Bertz CT molecular complexity index is 1800. The molecule has 1 fully saturated rings. The lowest BCUT2D eigenvalue weighted by atomic mass is 9.97. The number of hydrogen-bond donors (Lipinski definition) is 2. The molecule has 2 amide bonds. The van der Waals surface area contributed by atoms with Crippen molar-refractivity contribution >= 4 is 38.5 Å². The molecule has 232 valence electrons. The van der Waals surface area contributed by atoms with Gasteiger partial charge >= 0.3 is 0 Å². The molecule has 12 heteroatoms. The molecule has 0 aliphatic heterocycles. The molecule has 4 aromatic rings. The van der Waals surface area contributed by atoms with Crippen molar-refractivity contribution < 1.29 is 35.9 Å². The van der Waals surface area contributed by atoms with Crippen molar-refractivity contribution in [2.24, 2.45) is 5.92 Å². The SMILES string of the molecule is CNC(=O)c1c(-c2ccc(F)cc2)oc2cc(N(CCF)S(C)(=O)=O)c(-c3cccc(C(=O)N[C@@H](COC)C4CC4)c3)cc12. The molecule has 0 saturated heterocycles. The highest BCUT2D eigenvalue weighted by atomic mass is 32.2. The molecule has 2 N–H and O–H groups in total. The number of halogens is 2. The Hall–Kier alpha value is -4.29. The number of anilines is 1. The number of ether oxygens (including phenoxy) is 1. The fourth-order valence-corrected chi connectivity index (χ4v) is 6.23. The smallest absolute Gasteiger partial charge is 0.255 e. The molecule has 0 spiro atoms. The van der Waals surface area contributed by atoms with E-state index in [1.54, 1.807) is 37.4 Å². The third-order valence-corrected chi connectivity index (χ3v) is 8.79. The molecule has 1 saturated carbocycles. The molecule has 1 aliphatic carbocycles. The summed E-state index contributed by atoms with van der Waals surface area (Å²) in [6, 6.07) is 14.9. The number of fused-ring (bicyclic) bond motifs is 1. The Labute approximate surface area is 254 Å². The quantitative estimate of drug-likeness (QED) is 0.225. The fourth-order valence-electron chi connectivity index (χ4n) is 5.32. The van der Waals surface area contributed by atoms with E-state index in [2.05, 4.69) is 10.6 Å². The normalized spacial score (nSPS) is 13.9. The van der Waals surface area contributed by atoms with Gasteiger partial charge in [-0.3, -0.25) is 13.9 Å². The molecule has 9 nitrogen and oxygen atoms in total. The summed E-state index contributed by atoms with van der Waals surface area (Å²) >= 11 is 0. The van der Waals surface area contributed by atoms with E-state index < -0.39 is 35.0 Å². The molecule has 0 radical (unpaired) electrons. The predicted octanol–water partition coefficient (Wildman–Crippen LogP) is 5.16. The lowest BCUT2D eigenvalue weighted by Gasteiger charge is -2.24. The van der Waals surface area contributed by atoms with Crippen molar-refractivity contribution in [3.05, 3.63) is 77.6 Å². The number of rotatable bonds is 12. The molecular weight excluding hydrogens is 592 g/mol. The molecule has 1 heterocycles. The minimum atomic E-state index is -3.97. The van der Waals surface area contributed by atoms with Gasteiger partial charge in [0.15, 0.2) is 0 Å². The van der Waals surface area contributed by atoms with Crippen LogP contribution in [0, 0.1) is 11.7 Å². The zero-order valence-electron chi connectivity index (χ0n) is 24.5. The second-order valence-corrected chi connectivity index (χ2v) is 12.6. The number of sulfonamides is 1.